The van der Waals surface area contributed by atoms with E-state index in [-0.39, 0.29) is 6.42 Å². The quantitative estimate of drug-likeness (QED) is 0.298. The summed E-state index contributed by atoms with van der Waals surface area (Å²) >= 11 is 0. The third-order valence-corrected chi connectivity index (χ3v) is 4.57. The molecule has 13 nitrogen and oxygen atoms in total. The van der Waals surface area contributed by atoms with Gasteiger partial charge in [0.05, 0.1) is 6.54 Å². The Bertz CT molecular complexity index is 735. The molecular weight excluding hydrogens is 446 g/mol. The Morgan fingerprint density at radius 3 is 1.91 bits per heavy atom. The molecule has 0 bridgehead atoms. The fraction of sp³-hybridized carbons (Fsp3) is 0.750. The van der Waals surface area contributed by atoms with Gasteiger partial charge in [-0.15, -0.1) is 0 Å². The lowest BCUT2D eigenvalue weighted by molar-refractivity contribution is -0.328. The van der Waals surface area contributed by atoms with E-state index in [0.29, 0.717) is 0 Å². The first kappa shape index (κ1) is 28.3. The average Bonchev–Trinajstić information content (AvgIpc) is 2.69. The van der Waals surface area contributed by atoms with Crippen molar-refractivity contribution in [3.63, 3.8) is 0 Å². The molecule has 0 unspecified atom stereocenters. The third-order valence-electron chi connectivity index (χ3n) is 4.57. The van der Waals surface area contributed by atoms with Crippen LogP contribution in [0.1, 0.15) is 41.0 Å². The molecule has 1 fully saturated rings. The normalized spacial score (nSPS) is 26.3. The van der Waals surface area contributed by atoms with E-state index in [2.05, 4.69) is 0 Å². The number of carbonyl (C=O) groups is 5. The lowest BCUT2D eigenvalue weighted by atomic mass is 9.90. The summed E-state index contributed by atoms with van der Waals surface area (Å²) in [5.41, 5.74) is 7.89. The predicted molar refractivity (Wildman–Crippen MR) is 106 cm³/mol. The molecule has 0 spiro atoms. The zero-order valence-electron chi connectivity index (χ0n) is 19.4. The number of hydrogen-bond donors (Lipinski definition) is 0. The maximum atomic E-state index is 11.9. The minimum atomic E-state index is -1.65. The van der Waals surface area contributed by atoms with E-state index in [1.807, 2.05) is 0 Å². The highest BCUT2D eigenvalue weighted by Gasteiger charge is 2.56. The van der Waals surface area contributed by atoms with E-state index in [0.717, 1.165) is 34.6 Å². The molecule has 187 valence electrons. The van der Waals surface area contributed by atoms with Gasteiger partial charge in [0.1, 0.15) is 18.8 Å². The Morgan fingerprint density at radius 1 is 0.909 bits per heavy atom. The standard InChI is InChI=1S/C20H30NO12/c1-10(22)28-8-16(30-12(3)24)18(32-14(5)26)19-17(31-13(4)25)15(29-11(2)23)7-20(9-21,27-6)33-19/h15-19,21H,7-9H2,1-6H3/t15-,16-,17+,18+,19+,20+/m0/s1. The highest BCUT2D eigenvalue weighted by Crippen LogP contribution is 2.36. The summed E-state index contributed by atoms with van der Waals surface area (Å²) in [4.78, 5) is 58.6. The van der Waals surface area contributed by atoms with Crippen LogP contribution < -0.4 is 5.73 Å². The van der Waals surface area contributed by atoms with Crippen LogP contribution in [0.15, 0.2) is 0 Å². The molecule has 13 heteroatoms. The van der Waals surface area contributed by atoms with Crippen molar-refractivity contribution < 1.29 is 57.1 Å². The lowest BCUT2D eigenvalue weighted by Gasteiger charge is -2.48. The van der Waals surface area contributed by atoms with Crippen LogP contribution in [0.2, 0.25) is 0 Å². The zero-order valence-corrected chi connectivity index (χ0v) is 19.4. The molecule has 0 saturated carbocycles. The summed E-state index contributed by atoms with van der Waals surface area (Å²) in [6.45, 7) is 4.52. The summed E-state index contributed by atoms with van der Waals surface area (Å²) in [7, 11) is 1.26. The summed E-state index contributed by atoms with van der Waals surface area (Å²) in [5.74, 6) is -5.46. The highest BCUT2D eigenvalue weighted by atomic mass is 16.7. The van der Waals surface area contributed by atoms with Gasteiger partial charge in [0.15, 0.2) is 24.1 Å². The molecule has 0 aromatic carbocycles. The summed E-state index contributed by atoms with van der Waals surface area (Å²) in [5, 5.41) is 0. The van der Waals surface area contributed by atoms with Crippen molar-refractivity contribution in [1.82, 2.24) is 5.73 Å². The molecule has 1 radical (unpaired) electrons. The number of nitrogens with one attached hydrogen (secondary N) is 1. The molecule has 1 saturated heterocycles. The Labute approximate surface area is 191 Å². The van der Waals surface area contributed by atoms with Crippen molar-refractivity contribution in [2.75, 3.05) is 20.3 Å². The van der Waals surface area contributed by atoms with Gasteiger partial charge in [-0.25, -0.2) is 0 Å². The molecule has 6 atom stereocenters. The van der Waals surface area contributed by atoms with Crippen LogP contribution in [0.5, 0.6) is 0 Å². The number of esters is 5. The van der Waals surface area contributed by atoms with E-state index in [9.17, 15) is 24.0 Å². The van der Waals surface area contributed by atoms with Crippen LogP contribution in [0, 0.1) is 0 Å². The molecule has 33 heavy (non-hydrogen) atoms. The molecule has 1 N–H and O–H groups in total. The Kier molecular flexibility index (Phi) is 10.7. The summed E-state index contributed by atoms with van der Waals surface area (Å²) < 4.78 is 37.5. The van der Waals surface area contributed by atoms with Crippen LogP contribution in [-0.2, 0) is 57.1 Å². The second-order valence-corrected chi connectivity index (χ2v) is 7.32. The van der Waals surface area contributed by atoms with Crippen LogP contribution >= 0.6 is 0 Å². The number of hydrogen-bond acceptors (Lipinski definition) is 12. The minimum Gasteiger partial charge on any atom is -0.462 e. The number of ether oxygens (including phenoxy) is 7. The fourth-order valence-electron chi connectivity index (χ4n) is 3.38. The Hall–Kier alpha value is -2.77. The zero-order chi connectivity index (χ0) is 25.3. The molecule has 0 amide bonds. The first-order chi connectivity index (χ1) is 15.3. The molecule has 0 aromatic rings. The van der Waals surface area contributed by atoms with Gasteiger partial charge in [0.2, 0.25) is 0 Å². The number of rotatable bonds is 10. The van der Waals surface area contributed by atoms with Gasteiger partial charge in [-0.2, -0.15) is 0 Å². The van der Waals surface area contributed by atoms with E-state index >= 15 is 0 Å². The number of methoxy groups -OCH3 is 1. The van der Waals surface area contributed by atoms with Crippen molar-refractivity contribution >= 4 is 29.8 Å². The molecular formula is C20H30NO12. The second kappa shape index (κ2) is 12.5. The first-order valence-corrected chi connectivity index (χ1v) is 10.0. The average molecular weight is 476 g/mol. The molecule has 1 heterocycles. The smallest absolute Gasteiger partial charge is 0.303 e. The lowest BCUT2D eigenvalue weighted by Crippen LogP contribution is -2.65. The number of carbonyl (C=O) groups excluding carboxylic acids is 5. The van der Waals surface area contributed by atoms with E-state index in [1.165, 1.54) is 7.11 Å². The van der Waals surface area contributed by atoms with Crippen molar-refractivity contribution in [2.45, 2.75) is 77.3 Å². The first-order valence-electron chi connectivity index (χ1n) is 10.0. The van der Waals surface area contributed by atoms with Gasteiger partial charge >= 0.3 is 29.8 Å². The van der Waals surface area contributed by atoms with Crippen LogP contribution in [-0.4, -0.2) is 86.4 Å². The largest absolute Gasteiger partial charge is 0.462 e. The monoisotopic (exact) mass is 476 g/mol. The molecule has 1 rings (SSSR count). The third kappa shape index (κ3) is 8.59. The summed E-state index contributed by atoms with van der Waals surface area (Å²) in [6.07, 6.45) is -7.04. The van der Waals surface area contributed by atoms with Crippen molar-refractivity contribution in [1.29, 1.82) is 0 Å². The van der Waals surface area contributed by atoms with E-state index < -0.39 is 79.3 Å². The fourth-order valence-corrected chi connectivity index (χ4v) is 3.38. The minimum absolute atomic E-state index is 0.185. The van der Waals surface area contributed by atoms with Gasteiger partial charge in [-0.1, -0.05) is 0 Å². The predicted octanol–water partition coefficient (Wildman–Crippen LogP) is -0.309. The van der Waals surface area contributed by atoms with Crippen molar-refractivity contribution in [3.8, 4) is 0 Å². The maximum Gasteiger partial charge on any atom is 0.303 e. The summed E-state index contributed by atoms with van der Waals surface area (Å²) in [6, 6.07) is 0. The van der Waals surface area contributed by atoms with Crippen LogP contribution in [0.3, 0.4) is 0 Å². The SMILES string of the molecule is CO[C@]1(C[NH])C[C@H](OC(C)=O)[C@@H](OC(C)=O)[C@H]([C@H](OC(C)=O)[C@H](COC(C)=O)OC(C)=O)O1. The highest BCUT2D eigenvalue weighted by molar-refractivity contribution is 5.69. The van der Waals surface area contributed by atoms with Gasteiger partial charge in [0.25, 0.3) is 0 Å². The second-order valence-electron chi connectivity index (χ2n) is 7.32. The van der Waals surface area contributed by atoms with Gasteiger partial charge < -0.3 is 33.2 Å². The van der Waals surface area contributed by atoms with Crippen molar-refractivity contribution in [2.24, 2.45) is 0 Å². The molecule has 0 aliphatic carbocycles. The van der Waals surface area contributed by atoms with Gasteiger partial charge in [-0.3, -0.25) is 29.7 Å². The van der Waals surface area contributed by atoms with Gasteiger partial charge in [0, 0.05) is 48.1 Å². The van der Waals surface area contributed by atoms with Crippen LogP contribution in [0.25, 0.3) is 0 Å². The molecule has 0 aromatic heterocycles. The van der Waals surface area contributed by atoms with E-state index in [4.69, 9.17) is 38.9 Å². The van der Waals surface area contributed by atoms with E-state index in [1.54, 1.807) is 0 Å². The molecule has 1 aliphatic heterocycles. The Morgan fingerprint density at radius 2 is 1.48 bits per heavy atom. The molecule has 1 aliphatic rings. The van der Waals surface area contributed by atoms with Crippen molar-refractivity contribution in [3.05, 3.63) is 0 Å². The van der Waals surface area contributed by atoms with Crippen LogP contribution in [0.4, 0.5) is 0 Å². The van der Waals surface area contributed by atoms with Gasteiger partial charge in [-0.05, 0) is 0 Å². The topological polar surface area (TPSA) is 174 Å². The Balaban J connectivity index is 3.58. The maximum absolute atomic E-state index is 11.9.